The van der Waals surface area contributed by atoms with Gasteiger partial charge in [0.2, 0.25) is 12.2 Å². The van der Waals surface area contributed by atoms with Crippen molar-refractivity contribution in [2.45, 2.75) is 140 Å². The van der Waals surface area contributed by atoms with Gasteiger partial charge in [-0.25, -0.2) is 19.2 Å². The fraction of sp³-hybridized carbons (Fsp3) is 0.537. The first-order chi connectivity index (χ1) is 41.3. The van der Waals surface area contributed by atoms with E-state index in [9.17, 15) is 79.8 Å². The zero-order valence-electron chi connectivity index (χ0n) is 48.1. The summed E-state index contributed by atoms with van der Waals surface area (Å²) in [7, 11) is 1.31. The Kier molecular flexibility index (Phi) is 26.7. The van der Waals surface area contributed by atoms with Crippen molar-refractivity contribution in [3.8, 4) is 0 Å². The number of nitrogens with one attached hydrogen (secondary N) is 5. The van der Waals surface area contributed by atoms with Gasteiger partial charge in [-0.15, -0.1) is 0 Å². The van der Waals surface area contributed by atoms with E-state index in [0.717, 1.165) is 4.90 Å². The Morgan fingerprint density at radius 3 is 1.69 bits per heavy atom. The lowest BCUT2D eigenvalue weighted by atomic mass is 9.83. The van der Waals surface area contributed by atoms with Crippen molar-refractivity contribution in [2.75, 3.05) is 46.5 Å². The molecule has 1 aliphatic heterocycles. The molecule has 3 aromatic rings. The first kappa shape index (κ1) is 69.4. The predicted octanol–water partition coefficient (Wildman–Crippen LogP) is 2.16. The van der Waals surface area contributed by atoms with Crippen molar-refractivity contribution in [1.29, 1.82) is 0 Å². The van der Waals surface area contributed by atoms with E-state index in [1.54, 1.807) is 26.8 Å². The third-order valence-corrected chi connectivity index (χ3v) is 13.3. The SMILES string of the molecule is C[C@@H]([C@@H](O)[C@H](OCCO)O[C@@H]1[C@@H](O)[C@H](O[C@H]2OC(CNCCO)=CC[C@H]2NC(=O)OCc2ccc([N+](=O)[O-])cc2)[C@@H](NC(=O)OCc2ccc([N+](=O)[O-])cc2)C[C@H]1NC(=O)[C@H](O)CCNC(=O)OCc1ccc([N+](=O)[O-])cc1)N(C)C(=O)OC(C)(C)C. The van der Waals surface area contributed by atoms with Crippen molar-refractivity contribution >= 4 is 47.3 Å². The molecule has 5 rings (SSSR count). The number of non-ortho nitro benzene ring substituents is 3. The van der Waals surface area contributed by atoms with Crippen LogP contribution in [0, 0.1) is 30.3 Å². The van der Waals surface area contributed by atoms with Crippen LogP contribution in [0.15, 0.2) is 84.6 Å². The zero-order valence-corrected chi connectivity index (χ0v) is 48.1. The fourth-order valence-corrected chi connectivity index (χ4v) is 8.54. The number of aliphatic hydroxyl groups is 5. The number of carbonyl (C=O) groups excluding carboxylic acids is 5. The molecule has 33 nitrogen and oxygen atoms in total. The average molecular weight is 1230 g/mol. The van der Waals surface area contributed by atoms with Crippen molar-refractivity contribution in [1.82, 2.24) is 31.5 Å². The Morgan fingerprint density at radius 2 is 1.21 bits per heavy atom. The number of likely N-dealkylation sites (N-methyl/N-ethyl adjacent to an activating group) is 1. The van der Waals surface area contributed by atoms with E-state index in [0.29, 0.717) is 16.7 Å². The lowest BCUT2D eigenvalue weighted by Crippen LogP contribution is -2.68. The molecule has 1 heterocycles. The first-order valence-electron chi connectivity index (χ1n) is 27.3. The topological polar surface area (TPSA) is 453 Å². The van der Waals surface area contributed by atoms with Crippen LogP contribution in [0.3, 0.4) is 0 Å². The highest BCUT2D eigenvalue weighted by Crippen LogP contribution is 2.32. The number of hydrogen-bond acceptors (Lipinski definition) is 25. The Morgan fingerprint density at radius 1 is 0.713 bits per heavy atom. The molecule has 478 valence electrons. The molecule has 0 radical (unpaired) electrons. The number of aliphatic hydroxyl groups excluding tert-OH is 5. The summed E-state index contributed by atoms with van der Waals surface area (Å²) in [5, 5.41) is 102. The summed E-state index contributed by atoms with van der Waals surface area (Å²) in [5.74, 6) is -0.921. The van der Waals surface area contributed by atoms with Gasteiger partial charge in [-0.1, -0.05) is 0 Å². The third-order valence-electron chi connectivity index (χ3n) is 13.3. The van der Waals surface area contributed by atoms with Gasteiger partial charge in [0.25, 0.3) is 17.1 Å². The minimum atomic E-state index is -2.10. The number of nitrogens with zero attached hydrogens (tertiary/aromatic N) is 4. The molecule has 87 heavy (non-hydrogen) atoms. The van der Waals surface area contributed by atoms with Crippen LogP contribution in [-0.2, 0) is 62.5 Å². The van der Waals surface area contributed by atoms with Crippen LogP contribution in [0.2, 0.25) is 0 Å². The Balaban J connectivity index is 1.49. The van der Waals surface area contributed by atoms with E-state index < -0.39 is 151 Å². The molecule has 10 N–H and O–H groups in total. The van der Waals surface area contributed by atoms with Gasteiger partial charge in [-0.3, -0.25) is 35.1 Å². The molecular weight excluding hydrogens is 1160 g/mol. The van der Waals surface area contributed by atoms with Gasteiger partial charge >= 0.3 is 24.4 Å². The molecule has 0 spiro atoms. The van der Waals surface area contributed by atoms with E-state index in [2.05, 4.69) is 26.6 Å². The van der Waals surface area contributed by atoms with Crippen LogP contribution in [-0.4, -0.2) is 195 Å². The lowest BCUT2D eigenvalue weighted by molar-refractivity contribution is -0.385. The second-order valence-electron chi connectivity index (χ2n) is 20.9. The van der Waals surface area contributed by atoms with Crippen molar-refractivity contribution in [3.05, 3.63) is 132 Å². The predicted molar refractivity (Wildman–Crippen MR) is 298 cm³/mol. The lowest BCUT2D eigenvalue weighted by Gasteiger charge is -2.47. The first-order valence-corrected chi connectivity index (χ1v) is 27.3. The van der Waals surface area contributed by atoms with Gasteiger partial charge in [0.1, 0.15) is 61.7 Å². The van der Waals surface area contributed by atoms with E-state index in [1.807, 2.05) is 0 Å². The van der Waals surface area contributed by atoms with Gasteiger partial charge in [-0.2, -0.15) is 0 Å². The van der Waals surface area contributed by atoms with Crippen LogP contribution < -0.4 is 26.6 Å². The minimum Gasteiger partial charge on any atom is -0.466 e. The Labute approximate surface area is 497 Å². The van der Waals surface area contributed by atoms with E-state index in [4.69, 9.17) is 37.9 Å². The highest BCUT2D eigenvalue weighted by Gasteiger charge is 2.51. The standard InChI is InChI=1S/C54H73N9O24/c1-31(60(5)53(73)87-54(2,3)4)43(67)49(80-25-24-65)86-45-40(57-47(69)42(66)20-21-56-50(70)81-28-32-6-12-35(13-7-32)61(74)75)26-41(59-52(72)83-30-34-10-16-37(17-11-34)63(78)79)46(44(45)68)85-48-39(19-18-38(84-48)27-55-22-23-64)58-51(71)82-29-33-8-14-36(15-9-33)62(76)77/h6-18,31,39-46,48-49,55,64-68H,19-30H2,1-5H3,(H,56,70)(H,57,69)(H,58,71)(H,59,72)/t31-,39+,40+,41-,42+,43+,44+,45-,46+,48+,49+/m0/s1. The number of nitro benzene ring substituents is 3. The number of nitro groups is 3. The summed E-state index contributed by atoms with van der Waals surface area (Å²) in [4.78, 5) is 100.0. The fourth-order valence-electron chi connectivity index (χ4n) is 8.54. The van der Waals surface area contributed by atoms with Crippen molar-refractivity contribution in [2.24, 2.45) is 0 Å². The third kappa shape index (κ3) is 22.1. The summed E-state index contributed by atoms with van der Waals surface area (Å²) in [6.45, 7) is 3.48. The van der Waals surface area contributed by atoms with Crippen LogP contribution >= 0.6 is 0 Å². The second-order valence-corrected chi connectivity index (χ2v) is 20.9. The number of carbonyl (C=O) groups is 5. The molecule has 3 aromatic carbocycles. The van der Waals surface area contributed by atoms with Gasteiger partial charge in [0.15, 0.2) is 6.29 Å². The maximum Gasteiger partial charge on any atom is 0.410 e. The molecule has 33 heteroatoms. The molecule has 0 aromatic heterocycles. The molecule has 1 fully saturated rings. The molecule has 0 saturated heterocycles. The summed E-state index contributed by atoms with van der Waals surface area (Å²) in [6, 6.07) is 9.98. The Hall–Kier alpha value is -8.41. The molecule has 11 atom stereocenters. The van der Waals surface area contributed by atoms with Gasteiger partial charge < -0.3 is 94.9 Å². The molecule has 1 aliphatic carbocycles. The number of ether oxygens (including phenoxy) is 8. The monoisotopic (exact) mass is 1230 g/mol. The highest BCUT2D eigenvalue weighted by molar-refractivity contribution is 5.81. The maximum atomic E-state index is 14.1. The quantitative estimate of drug-likeness (QED) is 0.0150. The largest absolute Gasteiger partial charge is 0.466 e. The molecule has 0 bridgehead atoms. The van der Waals surface area contributed by atoms with Gasteiger partial charge in [-0.05, 0) is 106 Å². The average Bonchev–Trinajstić information content (AvgIpc) is 1.16. The number of alkyl carbamates (subject to hydrolysis) is 3. The van der Waals surface area contributed by atoms with Crippen LogP contribution in [0.1, 0.15) is 63.6 Å². The van der Waals surface area contributed by atoms with E-state index >= 15 is 0 Å². The normalized spacial score (nSPS) is 20.5. The van der Waals surface area contributed by atoms with Crippen molar-refractivity contribution in [3.63, 3.8) is 0 Å². The molecule has 2 aliphatic rings. The highest BCUT2D eigenvalue weighted by atomic mass is 16.7. The van der Waals surface area contributed by atoms with Crippen LogP contribution in [0.25, 0.3) is 0 Å². The summed E-state index contributed by atoms with van der Waals surface area (Å²) < 4.78 is 46.5. The van der Waals surface area contributed by atoms with E-state index in [-0.39, 0.29) is 68.7 Å². The molecule has 1 saturated carbocycles. The summed E-state index contributed by atoms with van der Waals surface area (Å²) >= 11 is 0. The molecule has 5 amide bonds. The van der Waals surface area contributed by atoms with Crippen LogP contribution in [0.4, 0.5) is 36.2 Å². The number of benzene rings is 3. The maximum absolute atomic E-state index is 14.1. The number of hydrogen-bond donors (Lipinski definition) is 10. The smallest absolute Gasteiger partial charge is 0.410 e. The Bertz CT molecular complexity index is 2810. The van der Waals surface area contributed by atoms with Crippen molar-refractivity contribution < 1.29 is 102 Å². The minimum absolute atomic E-state index is 0.000339. The van der Waals surface area contributed by atoms with Crippen LogP contribution in [0.5, 0.6) is 0 Å². The number of amides is 5. The summed E-state index contributed by atoms with van der Waals surface area (Å²) in [5.41, 5.74) is -0.512. The van der Waals surface area contributed by atoms with Gasteiger partial charge in [0, 0.05) is 56.5 Å². The summed E-state index contributed by atoms with van der Waals surface area (Å²) in [6.07, 6.45) is -16.4. The molecule has 0 unspecified atom stereocenters. The van der Waals surface area contributed by atoms with E-state index in [1.165, 1.54) is 86.8 Å². The number of rotatable bonds is 30. The zero-order chi connectivity index (χ0) is 64.0. The molecular formula is C54H73N9O24. The second kappa shape index (κ2) is 33.5. The van der Waals surface area contributed by atoms with Gasteiger partial charge in [0.05, 0.1) is 65.3 Å².